The number of likely N-dealkylation sites (tertiary alicyclic amines) is 1. The van der Waals surface area contributed by atoms with Crippen LogP contribution in [-0.4, -0.2) is 72.4 Å². The first-order valence-electron chi connectivity index (χ1n) is 7.41. The summed E-state index contributed by atoms with van der Waals surface area (Å²) in [7, 11) is 0. The van der Waals surface area contributed by atoms with Crippen LogP contribution in [0.25, 0.3) is 0 Å². The normalized spacial score (nSPS) is 25.8. The van der Waals surface area contributed by atoms with Gasteiger partial charge in [0.15, 0.2) is 11.6 Å². The summed E-state index contributed by atoms with van der Waals surface area (Å²) in [5.41, 5.74) is -0.0969. The molecule has 3 rings (SSSR count). The molecule has 1 N–H and O–H groups in total. The molecule has 23 heavy (non-hydrogen) atoms. The van der Waals surface area contributed by atoms with E-state index < -0.39 is 23.6 Å². The Morgan fingerprint density at radius 3 is 2.57 bits per heavy atom. The van der Waals surface area contributed by atoms with Gasteiger partial charge in [0.25, 0.3) is 5.91 Å². The van der Waals surface area contributed by atoms with Crippen LogP contribution in [0.1, 0.15) is 10.4 Å². The molecule has 2 saturated heterocycles. The average Bonchev–Trinajstić information content (AvgIpc) is 2.93. The number of ether oxygens (including phenoxy) is 1. The Labute approximate surface area is 137 Å². The fourth-order valence-electron chi connectivity index (χ4n) is 3.06. The largest absolute Gasteiger partial charge is 0.390 e. The number of hydrogen-bond donors (Lipinski definition) is 1. The van der Waals surface area contributed by atoms with Gasteiger partial charge >= 0.3 is 0 Å². The summed E-state index contributed by atoms with van der Waals surface area (Å²) in [5, 5.41) is 10.1. The number of benzene rings is 1. The van der Waals surface area contributed by atoms with Crippen molar-refractivity contribution in [3.8, 4) is 0 Å². The van der Waals surface area contributed by atoms with Crippen molar-refractivity contribution < 1.29 is 23.4 Å². The van der Waals surface area contributed by atoms with Crippen LogP contribution >= 0.6 is 11.6 Å². The number of β-amino-alcohol motifs (C(OH)–C–C–N with tert-alkyl or cyclic N) is 1. The highest BCUT2D eigenvalue weighted by Crippen LogP contribution is 2.25. The molecule has 2 heterocycles. The number of amides is 1. The number of nitrogens with zero attached hydrogens (tertiary/aromatic N) is 2. The zero-order valence-electron chi connectivity index (χ0n) is 12.3. The zero-order chi connectivity index (χ0) is 16.6. The number of hydrogen-bond acceptors (Lipinski definition) is 4. The molecule has 2 fully saturated rings. The molecule has 0 bridgehead atoms. The minimum atomic E-state index is -1.12. The van der Waals surface area contributed by atoms with Crippen LogP contribution in [0.2, 0.25) is 5.02 Å². The highest BCUT2D eigenvalue weighted by atomic mass is 35.5. The topological polar surface area (TPSA) is 53.0 Å². The van der Waals surface area contributed by atoms with Gasteiger partial charge in [-0.2, -0.15) is 0 Å². The van der Waals surface area contributed by atoms with Gasteiger partial charge in [-0.05, 0) is 12.1 Å². The number of morpholine rings is 1. The fraction of sp³-hybridized carbons (Fsp3) is 0.533. The molecule has 126 valence electrons. The van der Waals surface area contributed by atoms with Gasteiger partial charge in [0.1, 0.15) is 0 Å². The van der Waals surface area contributed by atoms with Crippen molar-refractivity contribution in [2.45, 2.75) is 12.1 Å². The third-order valence-corrected chi connectivity index (χ3v) is 4.61. The molecule has 2 aliphatic rings. The standard InChI is InChI=1S/C15H17ClF2N2O3/c16-10-6-12(18)11(17)5-9(10)15(22)20-7-13(14(21)8-20)19-1-3-23-4-2-19/h5-6,13-14,21H,1-4,7-8H2/t13-,14-/m0/s1. The summed E-state index contributed by atoms with van der Waals surface area (Å²) in [6, 6.07) is 1.40. The van der Waals surface area contributed by atoms with E-state index in [1.807, 2.05) is 0 Å². The van der Waals surface area contributed by atoms with Crippen molar-refractivity contribution in [3.05, 3.63) is 34.4 Å². The number of halogens is 3. The van der Waals surface area contributed by atoms with Crippen LogP contribution in [0.4, 0.5) is 8.78 Å². The maximum atomic E-state index is 13.4. The molecule has 0 saturated carbocycles. The number of rotatable bonds is 2. The monoisotopic (exact) mass is 346 g/mol. The van der Waals surface area contributed by atoms with E-state index in [0.717, 1.165) is 12.1 Å². The van der Waals surface area contributed by atoms with Crippen LogP contribution in [-0.2, 0) is 4.74 Å². The van der Waals surface area contributed by atoms with Gasteiger partial charge in [0.2, 0.25) is 0 Å². The Balaban J connectivity index is 1.75. The number of carbonyl (C=O) groups excluding carboxylic acids is 1. The van der Waals surface area contributed by atoms with Crippen molar-refractivity contribution in [3.63, 3.8) is 0 Å². The van der Waals surface area contributed by atoms with Gasteiger partial charge in [-0.1, -0.05) is 11.6 Å². The molecular weight excluding hydrogens is 330 g/mol. The van der Waals surface area contributed by atoms with E-state index in [1.165, 1.54) is 4.90 Å². The van der Waals surface area contributed by atoms with E-state index in [0.29, 0.717) is 32.8 Å². The molecule has 0 spiro atoms. The molecule has 8 heteroatoms. The van der Waals surface area contributed by atoms with Gasteiger partial charge in [-0.25, -0.2) is 8.78 Å². The van der Waals surface area contributed by atoms with E-state index in [2.05, 4.69) is 4.90 Å². The van der Waals surface area contributed by atoms with Gasteiger partial charge in [0, 0.05) is 26.2 Å². The number of aliphatic hydroxyl groups excluding tert-OH is 1. The molecule has 2 aliphatic heterocycles. The second kappa shape index (κ2) is 6.68. The Kier molecular flexibility index (Phi) is 4.82. The molecule has 1 aromatic rings. The summed E-state index contributed by atoms with van der Waals surface area (Å²) < 4.78 is 31.8. The lowest BCUT2D eigenvalue weighted by molar-refractivity contribution is -0.00611. The molecule has 0 aromatic heterocycles. The summed E-state index contributed by atoms with van der Waals surface area (Å²) >= 11 is 5.85. The minimum Gasteiger partial charge on any atom is -0.390 e. The van der Waals surface area contributed by atoms with E-state index in [1.54, 1.807) is 0 Å². The first-order chi connectivity index (χ1) is 11.0. The van der Waals surface area contributed by atoms with Crippen LogP contribution in [0.3, 0.4) is 0 Å². The fourth-order valence-corrected chi connectivity index (χ4v) is 3.29. The van der Waals surface area contributed by atoms with Gasteiger partial charge < -0.3 is 14.7 Å². The predicted octanol–water partition coefficient (Wildman–Crippen LogP) is 1.14. The van der Waals surface area contributed by atoms with Crippen molar-refractivity contribution in [2.75, 3.05) is 39.4 Å². The predicted molar refractivity (Wildman–Crippen MR) is 79.5 cm³/mol. The molecular formula is C15H17ClF2N2O3. The zero-order valence-corrected chi connectivity index (χ0v) is 13.1. The summed E-state index contributed by atoms with van der Waals surface area (Å²) in [4.78, 5) is 16.0. The summed E-state index contributed by atoms with van der Waals surface area (Å²) in [6.07, 6.45) is -0.693. The van der Waals surface area contributed by atoms with Crippen molar-refractivity contribution >= 4 is 17.5 Å². The summed E-state index contributed by atoms with van der Waals surface area (Å²) in [5.74, 6) is -2.73. The lowest BCUT2D eigenvalue weighted by Gasteiger charge is -2.33. The molecule has 0 unspecified atom stereocenters. The Morgan fingerprint density at radius 2 is 1.87 bits per heavy atom. The lowest BCUT2D eigenvalue weighted by atomic mass is 10.1. The number of carbonyl (C=O) groups is 1. The molecule has 2 atom stereocenters. The molecule has 1 aromatic carbocycles. The van der Waals surface area contributed by atoms with Crippen LogP contribution < -0.4 is 0 Å². The smallest absolute Gasteiger partial charge is 0.255 e. The van der Waals surface area contributed by atoms with Gasteiger partial charge in [-0.15, -0.1) is 0 Å². The summed E-state index contributed by atoms with van der Waals surface area (Å²) in [6.45, 7) is 3.01. The average molecular weight is 347 g/mol. The molecule has 1 amide bonds. The molecule has 0 radical (unpaired) electrons. The van der Waals surface area contributed by atoms with Crippen molar-refractivity contribution in [2.24, 2.45) is 0 Å². The van der Waals surface area contributed by atoms with E-state index in [-0.39, 0.29) is 23.2 Å². The van der Waals surface area contributed by atoms with Crippen LogP contribution in [0.5, 0.6) is 0 Å². The number of aliphatic hydroxyl groups is 1. The van der Waals surface area contributed by atoms with Gasteiger partial charge in [0.05, 0.1) is 35.9 Å². The molecule has 0 aliphatic carbocycles. The van der Waals surface area contributed by atoms with Crippen LogP contribution in [0, 0.1) is 11.6 Å². The highest BCUT2D eigenvalue weighted by Gasteiger charge is 2.38. The van der Waals surface area contributed by atoms with E-state index >= 15 is 0 Å². The minimum absolute atomic E-state index is 0.0969. The second-order valence-corrected chi connectivity index (χ2v) is 6.15. The highest BCUT2D eigenvalue weighted by molar-refractivity contribution is 6.33. The third kappa shape index (κ3) is 3.33. The SMILES string of the molecule is O=C(c1cc(F)c(F)cc1Cl)N1C[C@H](O)[C@@H](N2CCOCC2)C1. The van der Waals surface area contributed by atoms with Gasteiger partial charge in [-0.3, -0.25) is 9.69 Å². The first-order valence-corrected chi connectivity index (χ1v) is 7.79. The molecule has 5 nitrogen and oxygen atoms in total. The van der Waals surface area contributed by atoms with Crippen molar-refractivity contribution in [1.29, 1.82) is 0 Å². The second-order valence-electron chi connectivity index (χ2n) is 5.74. The van der Waals surface area contributed by atoms with Crippen LogP contribution in [0.15, 0.2) is 12.1 Å². The Morgan fingerprint density at radius 1 is 1.22 bits per heavy atom. The maximum Gasteiger partial charge on any atom is 0.255 e. The quantitative estimate of drug-likeness (QED) is 0.816. The maximum absolute atomic E-state index is 13.4. The third-order valence-electron chi connectivity index (χ3n) is 4.30. The lowest BCUT2D eigenvalue weighted by Crippen LogP contribution is -2.49. The Hall–Kier alpha value is -1.28. The first kappa shape index (κ1) is 16.6. The Bertz CT molecular complexity index is 611. The van der Waals surface area contributed by atoms with Crippen molar-refractivity contribution in [1.82, 2.24) is 9.80 Å². The van der Waals surface area contributed by atoms with E-state index in [4.69, 9.17) is 16.3 Å². The van der Waals surface area contributed by atoms with E-state index in [9.17, 15) is 18.7 Å².